The van der Waals surface area contributed by atoms with Gasteiger partial charge in [0.1, 0.15) is 18.8 Å². The standard InChI is InChI=1S/C9H13NO6S/c1-3(11)14-2-4-7-5(10-9(17)15-4)6(12)8(13)16-7/h4-8,12-13H,2H2,1H3,(H,10,17)/t4-,5-,6-,7-,8?/m1/s1. The third-order valence-corrected chi connectivity index (χ3v) is 2.88. The molecule has 2 saturated heterocycles. The summed E-state index contributed by atoms with van der Waals surface area (Å²) < 4.78 is 15.2. The topological polar surface area (TPSA) is 97.3 Å². The molecule has 2 aliphatic rings. The fourth-order valence-corrected chi connectivity index (χ4v) is 2.15. The van der Waals surface area contributed by atoms with Gasteiger partial charge < -0.3 is 29.7 Å². The smallest absolute Gasteiger partial charge is 0.302 e. The minimum Gasteiger partial charge on any atom is -0.462 e. The fraction of sp³-hybridized carbons (Fsp3) is 0.778. The maximum Gasteiger partial charge on any atom is 0.302 e. The second kappa shape index (κ2) is 4.73. The lowest BCUT2D eigenvalue weighted by Gasteiger charge is -2.34. The zero-order valence-corrected chi connectivity index (χ0v) is 9.85. The molecule has 0 amide bonds. The molecule has 17 heavy (non-hydrogen) atoms. The average molecular weight is 263 g/mol. The molecular formula is C9H13NO6S. The van der Waals surface area contributed by atoms with Gasteiger partial charge in [-0.05, 0) is 12.2 Å². The maximum atomic E-state index is 10.7. The lowest BCUT2D eigenvalue weighted by Crippen LogP contribution is -2.58. The first-order valence-electron chi connectivity index (χ1n) is 5.11. The molecule has 2 fully saturated rings. The van der Waals surface area contributed by atoms with Crippen LogP contribution in [0, 0.1) is 0 Å². The molecule has 5 atom stereocenters. The van der Waals surface area contributed by atoms with Gasteiger partial charge in [0, 0.05) is 6.92 Å². The summed E-state index contributed by atoms with van der Waals surface area (Å²) >= 11 is 4.86. The van der Waals surface area contributed by atoms with Crippen LogP contribution >= 0.6 is 12.2 Å². The Morgan fingerprint density at radius 3 is 2.94 bits per heavy atom. The van der Waals surface area contributed by atoms with Crippen LogP contribution in [0.1, 0.15) is 6.92 Å². The van der Waals surface area contributed by atoms with E-state index >= 15 is 0 Å². The summed E-state index contributed by atoms with van der Waals surface area (Å²) in [5.41, 5.74) is 0. The summed E-state index contributed by atoms with van der Waals surface area (Å²) in [4.78, 5) is 10.7. The second-order valence-corrected chi connectivity index (χ2v) is 4.27. The summed E-state index contributed by atoms with van der Waals surface area (Å²) in [5.74, 6) is -0.450. The van der Waals surface area contributed by atoms with Crippen molar-refractivity contribution in [3.63, 3.8) is 0 Å². The molecule has 3 N–H and O–H groups in total. The van der Waals surface area contributed by atoms with Crippen LogP contribution in [0.25, 0.3) is 0 Å². The van der Waals surface area contributed by atoms with E-state index in [1.165, 1.54) is 6.92 Å². The summed E-state index contributed by atoms with van der Waals surface area (Å²) in [6.07, 6.45) is -3.65. The Kier molecular flexibility index (Phi) is 3.48. The van der Waals surface area contributed by atoms with Crippen molar-refractivity contribution < 1.29 is 29.2 Å². The van der Waals surface area contributed by atoms with Crippen LogP contribution < -0.4 is 5.32 Å². The molecule has 2 aliphatic heterocycles. The molecule has 2 rings (SSSR count). The minimum absolute atomic E-state index is 0.0439. The number of aliphatic hydroxyl groups is 2. The van der Waals surface area contributed by atoms with Crippen LogP contribution in [0.5, 0.6) is 0 Å². The number of nitrogens with one attached hydrogen (secondary N) is 1. The van der Waals surface area contributed by atoms with Crippen molar-refractivity contribution >= 4 is 23.4 Å². The van der Waals surface area contributed by atoms with Gasteiger partial charge in [0.2, 0.25) is 0 Å². The Morgan fingerprint density at radius 2 is 2.29 bits per heavy atom. The van der Waals surface area contributed by atoms with Crippen molar-refractivity contribution in [3.8, 4) is 0 Å². The van der Waals surface area contributed by atoms with Gasteiger partial charge in [0.25, 0.3) is 5.17 Å². The molecular weight excluding hydrogens is 250 g/mol. The molecule has 0 saturated carbocycles. The molecule has 8 heteroatoms. The third-order valence-electron chi connectivity index (χ3n) is 2.67. The van der Waals surface area contributed by atoms with Crippen LogP contribution in [0.15, 0.2) is 0 Å². The number of aliphatic hydroxyl groups excluding tert-OH is 2. The highest BCUT2D eigenvalue weighted by Gasteiger charge is 2.51. The van der Waals surface area contributed by atoms with Crippen molar-refractivity contribution in [2.24, 2.45) is 0 Å². The molecule has 1 unspecified atom stereocenters. The van der Waals surface area contributed by atoms with Crippen LogP contribution in [0.2, 0.25) is 0 Å². The van der Waals surface area contributed by atoms with Crippen molar-refractivity contribution in [3.05, 3.63) is 0 Å². The zero-order valence-electron chi connectivity index (χ0n) is 9.03. The van der Waals surface area contributed by atoms with E-state index in [1.807, 2.05) is 0 Å². The SMILES string of the molecule is CC(=O)OC[C@H]1OC(=S)N[C@H]2[C@@H]1OC(O)[C@@H]2O. The number of carbonyl (C=O) groups is 1. The van der Waals surface area contributed by atoms with Crippen molar-refractivity contribution in [1.29, 1.82) is 0 Å². The number of hydrogen-bond acceptors (Lipinski definition) is 7. The molecule has 0 aromatic carbocycles. The average Bonchev–Trinajstić information content (AvgIpc) is 2.53. The molecule has 0 aliphatic carbocycles. The van der Waals surface area contributed by atoms with Crippen LogP contribution in [-0.2, 0) is 19.0 Å². The number of fused-ring (bicyclic) bond motifs is 1. The first-order valence-corrected chi connectivity index (χ1v) is 5.52. The highest BCUT2D eigenvalue weighted by molar-refractivity contribution is 7.80. The Labute approximate surface area is 103 Å². The number of thiocarbonyl (C=S) groups is 1. The minimum atomic E-state index is -1.30. The maximum absolute atomic E-state index is 10.7. The first kappa shape index (κ1) is 12.5. The van der Waals surface area contributed by atoms with E-state index in [2.05, 4.69) is 5.32 Å². The lowest BCUT2D eigenvalue weighted by atomic mass is 10.0. The number of ether oxygens (including phenoxy) is 3. The van der Waals surface area contributed by atoms with E-state index in [0.29, 0.717) is 0 Å². The number of rotatable bonds is 2. The van der Waals surface area contributed by atoms with Gasteiger partial charge in [-0.2, -0.15) is 0 Å². The number of esters is 1. The summed E-state index contributed by atoms with van der Waals surface area (Å²) in [5, 5.41) is 21.8. The Hall–Kier alpha value is -0.960. The number of carbonyl (C=O) groups excluding carboxylic acids is 1. The normalized spacial score (nSPS) is 40.2. The summed E-state index contributed by atoms with van der Waals surface area (Å²) in [6, 6.07) is -0.563. The molecule has 96 valence electrons. The van der Waals surface area contributed by atoms with Gasteiger partial charge in [0.15, 0.2) is 12.4 Å². The summed E-state index contributed by atoms with van der Waals surface area (Å²) in [7, 11) is 0. The molecule has 0 bridgehead atoms. The molecule has 0 aromatic heterocycles. The molecule has 7 nitrogen and oxygen atoms in total. The van der Waals surface area contributed by atoms with E-state index < -0.39 is 36.6 Å². The zero-order chi connectivity index (χ0) is 12.6. The monoisotopic (exact) mass is 263 g/mol. The van der Waals surface area contributed by atoms with Crippen molar-refractivity contribution in [2.45, 2.75) is 37.6 Å². The largest absolute Gasteiger partial charge is 0.462 e. The first-order chi connectivity index (χ1) is 7.99. The van der Waals surface area contributed by atoms with Gasteiger partial charge in [0.05, 0.1) is 6.04 Å². The Morgan fingerprint density at radius 1 is 1.59 bits per heavy atom. The van der Waals surface area contributed by atoms with Crippen molar-refractivity contribution in [2.75, 3.05) is 6.61 Å². The van der Waals surface area contributed by atoms with Gasteiger partial charge in [-0.15, -0.1) is 0 Å². The third kappa shape index (κ3) is 2.49. The van der Waals surface area contributed by atoms with Gasteiger partial charge in [-0.3, -0.25) is 4.79 Å². The van der Waals surface area contributed by atoms with E-state index in [9.17, 15) is 15.0 Å². The predicted octanol–water partition coefficient (Wildman–Crippen LogP) is -1.73. The molecule has 2 heterocycles. The Balaban J connectivity index is 2.05. The van der Waals surface area contributed by atoms with Gasteiger partial charge in [-0.25, -0.2) is 0 Å². The summed E-state index contributed by atoms with van der Waals surface area (Å²) in [6.45, 7) is 1.23. The second-order valence-electron chi connectivity index (χ2n) is 3.90. The quantitative estimate of drug-likeness (QED) is 0.399. The van der Waals surface area contributed by atoms with Gasteiger partial charge >= 0.3 is 5.97 Å². The molecule has 0 spiro atoms. The highest BCUT2D eigenvalue weighted by atomic mass is 32.1. The molecule has 0 aromatic rings. The van der Waals surface area contributed by atoms with Crippen LogP contribution in [0.4, 0.5) is 0 Å². The van der Waals surface area contributed by atoms with Crippen molar-refractivity contribution in [1.82, 2.24) is 5.32 Å². The van der Waals surface area contributed by atoms with Crippen LogP contribution in [-0.4, -0.2) is 58.6 Å². The molecule has 0 radical (unpaired) electrons. The van der Waals surface area contributed by atoms with E-state index in [-0.39, 0.29) is 11.8 Å². The highest BCUT2D eigenvalue weighted by Crippen LogP contribution is 2.27. The van der Waals surface area contributed by atoms with E-state index in [1.54, 1.807) is 0 Å². The van der Waals surface area contributed by atoms with E-state index in [4.69, 9.17) is 26.4 Å². The lowest BCUT2D eigenvalue weighted by molar-refractivity contribution is -0.160. The Bertz CT molecular complexity index is 337. The van der Waals surface area contributed by atoms with Gasteiger partial charge in [-0.1, -0.05) is 0 Å². The predicted molar refractivity (Wildman–Crippen MR) is 57.9 cm³/mol. The van der Waals surface area contributed by atoms with E-state index in [0.717, 1.165) is 0 Å². The van der Waals surface area contributed by atoms with Crippen LogP contribution in [0.3, 0.4) is 0 Å². The fourth-order valence-electron chi connectivity index (χ4n) is 1.89. The number of hydrogen-bond donors (Lipinski definition) is 3.